The number of nitrogens with one attached hydrogen (secondary N) is 2. The van der Waals surface area contributed by atoms with Crippen molar-refractivity contribution in [2.24, 2.45) is 5.84 Å². The molecular formula is C9H8FN5O4S2. The lowest BCUT2D eigenvalue weighted by Gasteiger charge is -2.05. The highest BCUT2D eigenvalue weighted by molar-refractivity contribution is 7.94. The van der Waals surface area contributed by atoms with Crippen molar-refractivity contribution in [1.29, 1.82) is 0 Å². The van der Waals surface area contributed by atoms with Crippen molar-refractivity contribution in [3.05, 3.63) is 40.5 Å². The molecule has 0 aliphatic heterocycles. The molecule has 12 heteroatoms. The summed E-state index contributed by atoms with van der Waals surface area (Å²) in [5.74, 6) is 4.22. The number of nitrogens with zero attached hydrogens (tertiary/aromatic N) is 2. The highest BCUT2D eigenvalue weighted by Gasteiger charge is 2.26. The quantitative estimate of drug-likeness (QED) is 0.425. The Morgan fingerprint density at radius 2 is 2.19 bits per heavy atom. The molecule has 2 aromatic heterocycles. The first-order chi connectivity index (χ1) is 9.85. The third kappa shape index (κ3) is 3.07. The summed E-state index contributed by atoms with van der Waals surface area (Å²) >= 11 is 0.554. The van der Waals surface area contributed by atoms with Gasteiger partial charge in [0, 0.05) is 12.3 Å². The van der Waals surface area contributed by atoms with E-state index in [1.807, 2.05) is 10.1 Å². The summed E-state index contributed by atoms with van der Waals surface area (Å²) in [6.07, 6.45) is 2.03. The number of anilines is 2. The van der Waals surface area contributed by atoms with E-state index < -0.39 is 26.5 Å². The number of sulfonamides is 1. The van der Waals surface area contributed by atoms with Crippen LogP contribution in [0.1, 0.15) is 0 Å². The Hall–Kier alpha value is -2.31. The second-order valence-corrected chi connectivity index (χ2v) is 6.60. The van der Waals surface area contributed by atoms with Crippen molar-refractivity contribution in [1.82, 2.24) is 4.98 Å². The van der Waals surface area contributed by atoms with E-state index in [0.717, 1.165) is 18.3 Å². The number of hydrazine groups is 1. The summed E-state index contributed by atoms with van der Waals surface area (Å²) in [7, 11) is -4.18. The Balaban J connectivity index is 2.41. The van der Waals surface area contributed by atoms with Crippen LogP contribution in [-0.2, 0) is 10.0 Å². The summed E-state index contributed by atoms with van der Waals surface area (Å²) in [5, 5.41) is 10.6. The van der Waals surface area contributed by atoms with Crippen molar-refractivity contribution >= 4 is 37.7 Å². The van der Waals surface area contributed by atoms with E-state index in [2.05, 4.69) is 4.98 Å². The second-order valence-electron chi connectivity index (χ2n) is 3.64. The summed E-state index contributed by atoms with van der Waals surface area (Å²) < 4.78 is 39.2. The third-order valence-electron chi connectivity index (χ3n) is 2.30. The van der Waals surface area contributed by atoms with Gasteiger partial charge in [0.05, 0.1) is 16.8 Å². The van der Waals surface area contributed by atoms with Gasteiger partial charge in [0.25, 0.3) is 10.0 Å². The first-order valence-electron chi connectivity index (χ1n) is 5.22. The van der Waals surface area contributed by atoms with Gasteiger partial charge < -0.3 is 5.43 Å². The van der Waals surface area contributed by atoms with Gasteiger partial charge in [-0.25, -0.2) is 18.7 Å². The maximum Gasteiger partial charge on any atom is 0.306 e. The molecule has 0 aromatic carbocycles. The van der Waals surface area contributed by atoms with Gasteiger partial charge in [0.2, 0.25) is 0 Å². The van der Waals surface area contributed by atoms with Crippen molar-refractivity contribution in [2.45, 2.75) is 4.21 Å². The Labute approximate surface area is 121 Å². The van der Waals surface area contributed by atoms with E-state index in [4.69, 9.17) is 5.84 Å². The lowest BCUT2D eigenvalue weighted by Crippen LogP contribution is -2.12. The SMILES string of the molecule is NNc1sc(S(=O)(=O)Nc2ccncc2F)cc1[N+](=O)[O-]. The zero-order valence-corrected chi connectivity index (χ0v) is 11.7. The molecule has 0 radical (unpaired) electrons. The molecule has 0 unspecified atom stereocenters. The number of nitrogens with two attached hydrogens (primary N) is 1. The van der Waals surface area contributed by atoms with Crippen LogP contribution in [0.4, 0.5) is 20.8 Å². The Bertz CT molecular complexity index is 791. The lowest BCUT2D eigenvalue weighted by atomic mass is 10.4. The molecular weight excluding hydrogens is 325 g/mol. The zero-order valence-electron chi connectivity index (χ0n) is 10.1. The van der Waals surface area contributed by atoms with Gasteiger partial charge in [-0.05, 0) is 6.07 Å². The molecule has 0 spiro atoms. The molecule has 0 fully saturated rings. The lowest BCUT2D eigenvalue weighted by molar-refractivity contribution is -0.383. The van der Waals surface area contributed by atoms with Crippen LogP contribution in [0.3, 0.4) is 0 Å². The summed E-state index contributed by atoms with van der Waals surface area (Å²) in [4.78, 5) is 13.5. The van der Waals surface area contributed by atoms with Crippen molar-refractivity contribution in [3.8, 4) is 0 Å². The summed E-state index contributed by atoms with van der Waals surface area (Å²) in [6.45, 7) is 0. The van der Waals surface area contributed by atoms with Crippen molar-refractivity contribution in [3.63, 3.8) is 0 Å². The molecule has 4 N–H and O–H groups in total. The van der Waals surface area contributed by atoms with E-state index in [-0.39, 0.29) is 14.9 Å². The number of thiophene rings is 1. The Kier molecular flexibility index (Phi) is 4.02. The first kappa shape index (κ1) is 15.1. The number of hydrogen-bond acceptors (Lipinski definition) is 8. The molecule has 21 heavy (non-hydrogen) atoms. The normalized spacial score (nSPS) is 11.1. The zero-order chi connectivity index (χ0) is 15.6. The largest absolute Gasteiger partial charge is 0.310 e. The van der Waals surface area contributed by atoms with Crippen LogP contribution in [0.5, 0.6) is 0 Å². The van der Waals surface area contributed by atoms with E-state index >= 15 is 0 Å². The molecule has 2 rings (SSSR count). The average Bonchev–Trinajstić information content (AvgIpc) is 2.86. The van der Waals surface area contributed by atoms with Crippen LogP contribution in [0.2, 0.25) is 0 Å². The third-order valence-corrected chi connectivity index (χ3v) is 5.19. The van der Waals surface area contributed by atoms with Crippen LogP contribution < -0.4 is 16.0 Å². The van der Waals surface area contributed by atoms with Crippen LogP contribution in [0.15, 0.2) is 28.7 Å². The molecule has 0 aliphatic carbocycles. The minimum absolute atomic E-state index is 0.129. The van der Waals surface area contributed by atoms with Gasteiger partial charge in [-0.15, -0.1) is 0 Å². The Morgan fingerprint density at radius 1 is 1.48 bits per heavy atom. The van der Waals surface area contributed by atoms with E-state index in [1.165, 1.54) is 6.20 Å². The van der Waals surface area contributed by atoms with Gasteiger partial charge in [0.15, 0.2) is 10.8 Å². The monoisotopic (exact) mass is 333 g/mol. The molecule has 112 valence electrons. The number of hydrogen-bond donors (Lipinski definition) is 3. The molecule has 9 nitrogen and oxygen atoms in total. The van der Waals surface area contributed by atoms with Crippen molar-refractivity contribution < 1.29 is 17.7 Å². The molecule has 0 bridgehead atoms. The molecule has 0 atom stereocenters. The number of nitro groups is 1. The van der Waals surface area contributed by atoms with Gasteiger partial charge in [-0.2, -0.15) is 0 Å². The maximum atomic E-state index is 13.4. The molecule has 0 saturated carbocycles. The Morgan fingerprint density at radius 3 is 2.71 bits per heavy atom. The van der Waals surface area contributed by atoms with Crippen LogP contribution in [0.25, 0.3) is 0 Å². The first-order valence-corrected chi connectivity index (χ1v) is 7.52. The van der Waals surface area contributed by atoms with Crippen molar-refractivity contribution in [2.75, 3.05) is 10.1 Å². The highest BCUT2D eigenvalue weighted by atomic mass is 32.2. The smallest absolute Gasteiger partial charge is 0.306 e. The predicted molar refractivity (Wildman–Crippen MR) is 73.8 cm³/mol. The van der Waals surface area contributed by atoms with Gasteiger partial charge in [0.1, 0.15) is 4.21 Å². The number of pyridine rings is 1. The fraction of sp³-hybridized carbons (Fsp3) is 0. The molecule has 0 aliphatic rings. The van der Waals surface area contributed by atoms with Crippen LogP contribution >= 0.6 is 11.3 Å². The van der Waals surface area contributed by atoms with E-state index in [9.17, 15) is 22.9 Å². The summed E-state index contributed by atoms with van der Waals surface area (Å²) in [5.41, 5.74) is 1.24. The predicted octanol–water partition coefficient (Wildman–Crippen LogP) is 1.28. The second kappa shape index (κ2) is 5.59. The van der Waals surface area contributed by atoms with E-state index in [0.29, 0.717) is 11.3 Å². The topological polar surface area (TPSA) is 140 Å². The number of nitrogen functional groups attached to an aromatic ring is 1. The molecule has 2 aromatic rings. The highest BCUT2D eigenvalue weighted by Crippen LogP contribution is 2.37. The standard InChI is InChI=1S/C9H8FN5O4S2/c10-5-4-12-2-1-6(5)14-21(18,19)8-3-7(15(16)17)9(13-11)20-8/h1-4,13H,11H2,(H,12,14). The number of aromatic nitrogens is 1. The van der Waals surface area contributed by atoms with Crippen LogP contribution in [-0.4, -0.2) is 18.3 Å². The minimum atomic E-state index is -4.18. The minimum Gasteiger partial charge on any atom is -0.310 e. The van der Waals surface area contributed by atoms with E-state index in [1.54, 1.807) is 0 Å². The molecule has 0 amide bonds. The summed E-state index contributed by atoms with van der Waals surface area (Å²) in [6, 6.07) is 1.96. The van der Waals surface area contributed by atoms with Crippen LogP contribution in [0, 0.1) is 15.9 Å². The average molecular weight is 333 g/mol. The number of rotatable bonds is 5. The fourth-order valence-electron chi connectivity index (χ4n) is 1.38. The van der Waals surface area contributed by atoms with Gasteiger partial charge in [-0.1, -0.05) is 11.3 Å². The van der Waals surface area contributed by atoms with Gasteiger partial charge in [-0.3, -0.25) is 19.8 Å². The molecule has 0 saturated heterocycles. The maximum absolute atomic E-state index is 13.4. The van der Waals surface area contributed by atoms with Gasteiger partial charge >= 0.3 is 5.69 Å². The number of halogens is 1. The fourth-order valence-corrected chi connectivity index (χ4v) is 3.69. The molecule has 2 heterocycles.